The maximum atomic E-state index is 13.8. The van der Waals surface area contributed by atoms with Crippen molar-refractivity contribution >= 4 is 23.7 Å². The van der Waals surface area contributed by atoms with Gasteiger partial charge < -0.3 is 28.5 Å². The number of carbonyl (C=O) groups excluding carboxylic acids is 4. The van der Waals surface area contributed by atoms with Crippen molar-refractivity contribution in [2.45, 2.75) is 103 Å². The number of fused-ring (bicyclic) bond motifs is 1. The number of methoxy groups -OCH3 is 1. The van der Waals surface area contributed by atoms with E-state index in [-0.39, 0.29) is 32.1 Å². The van der Waals surface area contributed by atoms with E-state index in [4.69, 9.17) is 23.4 Å². The van der Waals surface area contributed by atoms with E-state index in [0.717, 1.165) is 0 Å². The van der Waals surface area contributed by atoms with Gasteiger partial charge in [-0.05, 0) is 24.8 Å². The first-order valence-electron chi connectivity index (χ1n) is 13.5. The number of aliphatic hydroxyl groups is 1. The van der Waals surface area contributed by atoms with E-state index in [1.54, 1.807) is 6.07 Å². The number of rotatable bonds is 4. The van der Waals surface area contributed by atoms with Gasteiger partial charge in [-0.2, -0.15) is 0 Å². The zero-order valence-electron chi connectivity index (χ0n) is 23.4. The van der Waals surface area contributed by atoms with Crippen LogP contribution >= 0.6 is 0 Å². The molecule has 0 unspecified atom stereocenters. The third-order valence-electron chi connectivity index (χ3n) is 10.6. The van der Waals surface area contributed by atoms with Crippen LogP contribution in [-0.2, 0) is 38.1 Å². The minimum atomic E-state index is -2.02. The van der Waals surface area contributed by atoms with E-state index < -0.39 is 75.4 Å². The van der Waals surface area contributed by atoms with Crippen molar-refractivity contribution in [3.05, 3.63) is 24.2 Å². The molecule has 8 atom stereocenters. The molecule has 2 saturated heterocycles. The lowest BCUT2D eigenvalue weighted by Gasteiger charge is -2.70. The lowest BCUT2D eigenvalue weighted by atomic mass is 9.43. The van der Waals surface area contributed by atoms with Gasteiger partial charge in [-0.15, -0.1) is 0 Å². The van der Waals surface area contributed by atoms with E-state index in [1.807, 2.05) is 27.7 Å². The van der Waals surface area contributed by atoms with Gasteiger partial charge in [0, 0.05) is 48.0 Å². The summed E-state index contributed by atoms with van der Waals surface area (Å²) in [6.07, 6.45) is 1.22. The molecule has 39 heavy (non-hydrogen) atoms. The first-order chi connectivity index (χ1) is 18.1. The summed E-state index contributed by atoms with van der Waals surface area (Å²) in [6, 6.07) is 1.71. The Morgan fingerprint density at radius 3 is 2.51 bits per heavy atom. The van der Waals surface area contributed by atoms with Gasteiger partial charge in [0.2, 0.25) is 0 Å². The number of hydrogen-bond acceptors (Lipinski definition) is 10. The van der Waals surface area contributed by atoms with Gasteiger partial charge in [0.05, 0.1) is 32.2 Å². The zero-order chi connectivity index (χ0) is 28.6. The van der Waals surface area contributed by atoms with Crippen LogP contribution in [0.3, 0.4) is 0 Å². The maximum absolute atomic E-state index is 13.8. The second-order valence-electron chi connectivity index (χ2n) is 12.9. The van der Waals surface area contributed by atoms with E-state index in [2.05, 4.69) is 0 Å². The minimum absolute atomic E-state index is 0.0220. The molecule has 0 bridgehead atoms. The molecule has 214 valence electrons. The van der Waals surface area contributed by atoms with Crippen molar-refractivity contribution < 1.29 is 47.6 Å². The summed E-state index contributed by atoms with van der Waals surface area (Å²) in [6.45, 7) is 8.98. The van der Waals surface area contributed by atoms with Crippen molar-refractivity contribution in [3.8, 4) is 0 Å². The summed E-state index contributed by atoms with van der Waals surface area (Å²) in [5.41, 5.74) is -5.60. The van der Waals surface area contributed by atoms with Crippen LogP contribution in [0.2, 0.25) is 0 Å². The Labute approximate surface area is 227 Å². The van der Waals surface area contributed by atoms with Crippen LogP contribution in [0.5, 0.6) is 0 Å². The van der Waals surface area contributed by atoms with Gasteiger partial charge in [0.15, 0.2) is 11.4 Å². The SMILES string of the molecule is COC(=O)C[C@@H]1C(C)(C)[C@@H](OC(C)=O)C[C@@H]2O[C@@]34CC(=O)O[C@@H](c5ccoc5)[C@@]3(C)CCC(=O)[C@@]4(O)C[C@]21C. The van der Waals surface area contributed by atoms with E-state index in [1.165, 1.54) is 26.6 Å². The summed E-state index contributed by atoms with van der Waals surface area (Å²) in [4.78, 5) is 51.7. The molecule has 0 radical (unpaired) electrons. The predicted molar refractivity (Wildman–Crippen MR) is 134 cm³/mol. The second kappa shape index (κ2) is 8.89. The Bertz CT molecular complexity index is 1190. The molecule has 5 rings (SSSR count). The van der Waals surface area contributed by atoms with E-state index in [9.17, 15) is 24.3 Å². The highest BCUT2D eigenvalue weighted by molar-refractivity contribution is 5.92. The highest BCUT2D eigenvalue weighted by Gasteiger charge is 2.79. The zero-order valence-corrected chi connectivity index (χ0v) is 23.4. The first-order valence-corrected chi connectivity index (χ1v) is 13.5. The normalized spacial score (nSPS) is 42.8. The maximum Gasteiger partial charge on any atom is 0.309 e. The Balaban J connectivity index is 1.67. The van der Waals surface area contributed by atoms with Crippen molar-refractivity contribution in [1.29, 1.82) is 0 Å². The lowest BCUT2D eigenvalue weighted by Crippen LogP contribution is -2.80. The number of Topliss-reactive ketones (excluding diaryl/α,β-unsaturated/α-hetero) is 1. The topological polar surface area (TPSA) is 139 Å². The number of ether oxygens (including phenoxy) is 4. The van der Waals surface area contributed by atoms with Gasteiger partial charge in [-0.3, -0.25) is 19.2 Å². The molecule has 3 heterocycles. The predicted octanol–water partition coefficient (Wildman–Crippen LogP) is 3.44. The van der Waals surface area contributed by atoms with Crippen molar-refractivity contribution in [2.75, 3.05) is 7.11 Å². The number of ketones is 1. The molecular weight excluding hydrogens is 508 g/mol. The van der Waals surface area contributed by atoms with E-state index >= 15 is 0 Å². The average Bonchev–Trinajstić information content (AvgIpc) is 3.38. The van der Waals surface area contributed by atoms with E-state index in [0.29, 0.717) is 12.0 Å². The van der Waals surface area contributed by atoms with Gasteiger partial charge in [0.25, 0.3) is 0 Å². The third kappa shape index (κ3) is 3.74. The largest absolute Gasteiger partial charge is 0.472 e. The Hall–Kier alpha value is -2.72. The summed E-state index contributed by atoms with van der Waals surface area (Å²) in [7, 11) is 1.31. The molecular formula is C29H38O10. The van der Waals surface area contributed by atoms with Crippen LogP contribution in [0.25, 0.3) is 0 Å². The number of carbonyl (C=O) groups is 4. The quantitative estimate of drug-likeness (QED) is 0.441. The molecule has 0 aromatic carbocycles. The first kappa shape index (κ1) is 27.8. The molecule has 1 aromatic heterocycles. The summed E-state index contributed by atoms with van der Waals surface area (Å²) >= 11 is 0. The molecule has 2 saturated carbocycles. The molecule has 4 fully saturated rings. The standard InChI is InChI=1S/C29H38O10/c1-16(30)37-20-12-21-26(4,18(25(20,2)3)11-22(32)35-6)15-28(34)19(31)7-9-27(5)24(17-8-10-36-14-17)38-23(33)13-29(27,28)39-21/h8,10,14,18,20-21,24,34H,7,9,11-13,15H2,1-6H3/t18-,20+,21+,24+,26+,27-,28+,29+/m1/s1. The summed E-state index contributed by atoms with van der Waals surface area (Å²) in [5.74, 6) is -2.38. The fourth-order valence-corrected chi connectivity index (χ4v) is 8.48. The third-order valence-corrected chi connectivity index (χ3v) is 10.6. The Morgan fingerprint density at radius 2 is 1.90 bits per heavy atom. The number of esters is 3. The highest BCUT2D eigenvalue weighted by Crippen LogP contribution is 2.70. The smallest absolute Gasteiger partial charge is 0.309 e. The monoisotopic (exact) mass is 546 g/mol. The summed E-state index contributed by atoms with van der Waals surface area (Å²) < 4.78 is 28.9. The van der Waals surface area contributed by atoms with Gasteiger partial charge in [-0.25, -0.2) is 0 Å². The van der Waals surface area contributed by atoms with Crippen molar-refractivity contribution in [3.63, 3.8) is 0 Å². The minimum Gasteiger partial charge on any atom is -0.472 e. The van der Waals surface area contributed by atoms with Crippen LogP contribution in [-0.4, -0.2) is 59.3 Å². The van der Waals surface area contributed by atoms with Gasteiger partial charge in [0.1, 0.15) is 17.8 Å². The van der Waals surface area contributed by atoms with Crippen molar-refractivity contribution in [2.24, 2.45) is 22.2 Å². The van der Waals surface area contributed by atoms with Crippen molar-refractivity contribution in [1.82, 2.24) is 0 Å². The number of cyclic esters (lactones) is 1. The Kier molecular flexibility index (Phi) is 6.35. The fourth-order valence-electron chi connectivity index (χ4n) is 8.48. The number of hydrogen-bond donors (Lipinski definition) is 1. The Morgan fingerprint density at radius 1 is 1.18 bits per heavy atom. The van der Waals surface area contributed by atoms with Crippen LogP contribution in [0.1, 0.15) is 84.8 Å². The molecule has 2 aliphatic carbocycles. The molecule has 10 nitrogen and oxygen atoms in total. The van der Waals surface area contributed by atoms with Crippen LogP contribution in [0, 0.1) is 22.2 Å². The molecule has 0 amide bonds. The molecule has 2 aliphatic heterocycles. The molecule has 10 heteroatoms. The lowest BCUT2D eigenvalue weighted by molar-refractivity contribution is -0.364. The highest BCUT2D eigenvalue weighted by atomic mass is 16.6. The van der Waals surface area contributed by atoms with Gasteiger partial charge >= 0.3 is 17.9 Å². The molecule has 1 spiro atoms. The second-order valence-corrected chi connectivity index (χ2v) is 12.9. The fraction of sp³-hybridized carbons (Fsp3) is 0.724. The van der Waals surface area contributed by atoms with Gasteiger partial charge in [-0.1, -0.05) is 27.7 Å². The van der Waals surface area contributed by atoms with Crippen LogP contribution in [0.4, 0.5) is 0 Å². The summed E-state index contributed by atoms with van der Waals surface area (Å²) in [5, 5.41) is 12.5. The van der Waals surface area contributed by atoms with Crippen LogP contribution in [0.15, 0.2) is 23.0 Å². The van der Waals surface area contributed by atoms with Crippen LogP contribution < -0.4 is 0 Å². The molecule has 1 aromatic rings. The average molecular weight is 547 g/mol. The molecule has 4 aliphatic rings. The molecule has 1 N–H and O–H groups in total. The number of furan rings is 1.